The maximum Gasteiger partial charge on any atom is 0.330 e. The number of rotatable bonds is 5. The van der Waals surface area contributed by atoms with Crippen LogP contribution in [0.5, 0.6) is 0 Å². The van der Waals surface area contributed by atoms with E-state index in [1.54, 1.807) is 0 Å². The lowest BCUT2D eigenvalue weighted by Crippen LogP contribution is -2.39. The van der Waals surface area contributed by atoms with Crippen LogP contribution in [0.1, 0.15) is 16.7 Å². The minimum absolute atomic E-state index is 0.374. The molecule has 0 N–H and O–H groups in total. The molecular formula is C22H18O2. The molecule has 0 amide bonds. The van der Waals surface area contributed by atoms with Gasteiger partial charge in [-0.3, -0.25) is 0 Å². The zero-order chi connectivity index (χ0) is 16.8. The molecule has 0 saturated heterocycles. The smallest absolute Gasteiger partial charge is 0.330 e. The third kappa shape index (κ3) is 2.63. The van der Waals surface area contributed by atoms with Gasteiger partial charge < -0.3 is 4.74 Å². The van der Waals surface area contributed by atoms with Crippen molar-refractivity contribution in [2.45, 2.75) is 5.41 Å². The van der Waals surface area contributed by atoms with Gasteiger partial charge in [-0.15, -0.1) is 0 Å². The van der Waals surface area contributed by atoms with Crippen LogP contribution in [-0.2, 0) is 14.9 Å². The summed E-state index contributed by atoms with van der Waals surface area (Å²) in [7, 11) is 0. The summed E-state index contributed by atoms with van der Waals surface area (Å²) in [5.41, 5.74) is 1.52. The van der Waals surface area contributed by atoms with Crippen molar-refractivity contribution in [1.29, 1.82) is 0 Å². The molecular weight excluding hydrogens is 296 g/mol. The lowest BCUT2D eigenvalue weighted by Gasteiger charge is -2.32. The first kappa shape index (κ1) is 15.8. The van der Waals surface area contributed by atoms with Crippen molar-refractivity contribution in [3.8, 4) is 0 Å². The summed E-state index contributed by atoms with van der Waals surface area (Å²) >= 11 is 0. The Kier molecular flexibility index (Phi) is 4.57. The van der Waals surface area contributed by atoms with Crippen LogP contribution < -0.4 is 0 Å². The summed E-state index contributed by atoms with van der Waals surface area (Å²) in [6, 6.07) is 29.1. The highest BCUT2D eigenvalue weighted by atomic mass is 16.5. The van der Waals surface area contributed by atoms with Crippen LogP contribution in [0.4, 0.5) is 0 Å². The Bertz CT molecular complexity index is 712. The molecule has 0 aliphatic heterocycles. The normalized spacial score (nSPS) is 10.8. The molecule has 3 aromatic carbocycles. The molecule has 0 aliphatic rings. The Hall–Kier alpha value is -3.13. The number of carbonyl (C=O) groups is 1. The van der Waals surface area contributed by atoms with Gasteiger partial charge in [-0.05, 0) is 16.7 Å². The summed E-state index contributed by atoms with van der Waals surface area (Å²) in [6.45, 7) is 3.55. The van der Waals surface area contributed by atoms with Crippen LogP contribution >= 0.6 is 0 Å². The van der Waals surface area contributed by atoms with Crippen molar-refractivity contribution in [3.63, 3.8) is 0 Å². The molecule has 0 bridgehead atoms. The molecule has 0 radical (unpaired) electrons. The summed E-state index contributed by atoms with van der Waals surface area (Å²) in [6.07, 6.45) is 1.19. The maximum atomic E-state index is 13.2. The third-order valence-electron chi connectivity index (χ3n) is 4.12. The molecule has 3 rings (SSSR count). The van der Waals surface area contributed by atoms with E-state index in [9.17, 15) is 4.79 Å². The first-order valence-electron chi connectivity index (χ1n) is 7.78. The number of carbonyl (C=O) groups excluding carboxylic acids is 1. The minimum Gasteiger partial charge on any atom is -0.434 e. The molecule has 24 heavy (non-hydrogen) atoms. The van der Waals surface area contributed by atoms with Gasteiger partial charge in [0.1, 0.15) is 5.41 Å². The van der Waals surface area contributed by atoms with E-state index >= 15 is 0 Å². The molecule has 118 valence electrons. The van der Waals surface area contributed by atoms with E-state index in [-0.39, 0.29) is 5.97 Å². The number of ether oxygens (including phenoxy) is 1. The number of hydrogen-bond donors (Lipinski definition) is 0. The average Bonchev–Trinajstić information content (AvgIpc) is 2.65. The van der Waals surface area contributed by atoms with Gasteiger partial charge >= 0.3 is 5.97 Å². The van der Waals surface area contributed by atoms with Crippen LogP contribution in [0.3, 0.4) is 0 Å². The van der Waals surface area contributed by atoms with Crippen molar-refractivity contribution in [2.75, 3.05) is 0 Å². The molecule has 0 aliphatic carbocycles. The summed E-state index contributed by atoms with van der Waals surface area (Å²) in [4.78, 5) is 13.2. The average molecular weight is 314 g/mol. The Balaban J connectivity index is 2.37. The number of hydrogen-bond acceptors (Lipinski definition) is 2. The van der Waals surface area contributed by atoms with E-state index in [1.165, 1.54) is 6.26 Å². The first-order chi connectivity index (χ1) is 11.8. The van der Waals surface area contributed by atoms with Crippen LogP contribution in [0.2, 0.25) is 0 Å². The Morgan fingerprint density at radius 2 is 1.04 bits per heavy atom. The monoisotopic (exact) mass is 314 g/mol. The first-order valence-corrected chi connectivity index (χ1v) is 7.78. The van der Waals surface area contributed by atoms with Gasteiger partial charge in [0.25, 0.3) is 0 Å². The molecule has 0 unspecified atom stereocenters. The van der Waals surface area contributed by atoms with E-state index in [2.05, 4.69) is 6.58 Å². The second kappa shape index (κ2) is 6.97. The van der Waals surface area contributed by atoms with E-state index in [1.807, 2.05) is 91.0 Å². The van der Waals surface area contributed by atoms with Gasteiger partial charge in [-0.25, -0.2) is 4.79 Å². The fraction of sp³-hybridized carbons (Fsp3) is 0.0455. The lowest BCUT2D eigenvalue weighted by molar-refractivity contribution is -0.141. The Labute approximate surface area is 142 Å². The topological polar surface area (TPSA) is 26.3 Å². The molecule has 0 atom stereocenters. The molecule has 2 nitrogen and oxygen atoms in total. The lowest BCUT2D eigenvalue weighted by atomic mass is 9.69. The number of benzene rings is 3. The predicted molar refractivity (Wildman–Crippen MR) is 95.5 cm³/mol. The second-order valence-electron chi connectivity index (χ2n) is 5.42. The van der Waals surface area contributed by atoms with Gasteiger partial charge in [0.15, 0.2) is 0 Å². The number of esters is 1. The van der Waals surface area contributed by atoms with Crippen LogP contribution in [-0.4, -0.2) is 5.97 Å². The van der Waals surface area contributed by atoms with Crippen LogP contribution in [0.25, 0.3) is 0 Å². The summed E-state index contributed by atoms with van der Waals surface area (Å²) < 4.78 is 5.30. The van der Waals surface area contributed by atoms with Crippen molar-refractivity contribution in [2.24, 2.45) is 0 Å². The van der Waals surface area contributed by atoms with Crippen molar-refractivity contribution < 1.29 is 9.53 Å². The second-order valence-corrected chi connectivity index (χ2v) is 5.42. The molecule has 2 heteroatoms. The van der Waals surface area contributed by atoms with Crippen molar-refractivity contribution in [1.82, 2.24) is 0 Å². The molecule has 0 saturated carbocycles. The quantitative estimate of drug-likeness (QED) is 0.387. The highest BCUT2D eigenvalue weighted by molar-refractivity contribution is 5.92. The van der Waals surface area contributed by atoms with E-state index in [4.69, 9.17) is 4.74 Å². The van der Waals surface area contributed by atoms with Gasteiger partial charge in [-0.2, -0.15) is 0 Å². The molecule has 0 fully saturated rings. The van der Waals surface area contributed by atoms with E-state index in [0.717, 1.165) is 16.7 Å². The van der Waals surface area contributed by atoms with Crippen LogP contribution in [0.15, 0.2) is 104 Å². The molecule has 0 heterocycles. The highest BCUT2D eigenvalue weighted by Gasteiger charge is 2.45. The van der Waals surface area contributed by atoms with Gasteiger partial charge in [0.05, 0.1) is 6.26 Å². The Morgan fingerprint density at radius 1 is 0.708 bits per heavy atom. The zero-order valence-electron chi connectivity index (χ0n) is 13.3. The molecule has 0 spiro atoms. The molecule has 3 aromatic rings. The fourth-order valence-corrected chi connectivity index (χ4v) is 3.08. The highest BCUT2D eigenvalue weighted by Crippen LogP contribution is 2.40. The third-order valence-corrected chi connectivity index (χ3v) is 4.12. The van der Waals surface area contributed by atoms with E-state index < -0.39 is 5.41 Å². The van der Waals surface area contributed by atoms with E-state index in [0.29, 0.717) is 0 Å². The zero-order valence-corrected chi connectivity index (χ0v) is 13.3. The van der Waals surface area contributed by atoms with Crippen molar-refractivity contribution >= 4 is 5.97 Å². The summed E-state index contributed by atoms with van der Waals surface area (Å²) in [5.74, 6) is -0.374. The SMILES string of the molecule is C=COC(=O)C(c1ccccc1)(c1ccccc1)c1ccccc1. The largest absolute Gasteiger partial charge is 0.434 e. The Morgan fingerprint density at radius 3 is 1.33 bits per heavy atom. The minimum atomic E-state index is -1.04. The standard InChI is InChI=1S/C22H18O2/c1-2-24-21(23)22(18-12-6-3-7-13-18,19-14-8-4-9-15-19)20-16-10-5-11-17-20/h2-17H,1H2. The van der Waals surface area contributed by atoms with Gasteiger partial charge in [0, 0.05) is 0 Å². The maximum absolute atomic E-state index is 13.2. The van der Waals surface area contributed by atoms with Gasteiger partial charge in [-0.1, -0.05) is 97.6 Å². The summed E-state index contributed by atoms with van der Waals surface area (Å²) in [5, 5.41) is 0. The fourth-order valence-electron chi connectivity index (χ4n) is 3.08. The predicted octanol–water partition coefficient (Wildman–Crippen LogP) is 4.71. The molecule has 0 aromatic heterocycles. The van der Waals surface area contributed by atoms with Crippen molar-refractivity contribution in [3.05, 3.63) is 121 Å². The van der Waals surface area contributed by atoms with Gasteiger partial charge in [0.2, 0.25) is 0 Å². The van der Waals surface area contributed by atoms with Crippen LogP contribution in [0, 0.1) is 0 Å².